The highest BCUT2D eigenvalue weighted by Gasteiger charge is 2.36. The summed E-state index contributed by atoms with van der Waals surface area (Å²) in [4.78, 5) is 2.10. The van der Waals surface area contributed by atoms with Gasteiger partial charge in [0, 0.05) is 19.1 Å². The number of rotatable bonds is 4. The standard InChI is InChI=1S/C13H22N4O2S/c1-9(2)11-7-17(8-12(11)16-20(4,18)19)13-6-5-10(3)14-15-13/h5-6,9,11-12,16H,7-8H2,1-4H3. The fourth-order valence-electron chi connectivity index (χ4n) is 2.65. The summed E-state index contributed by atoms with van der Waals surface area (Å²) in [6.45, 7) is 7.56. The molecule has 1 aliphatic rings. The first kappa shape index (κ1) is 15.2. The van der Waals surface area contributed by atoms with E-state index >= 15 is 0 Å². The summed E-state index contributed by atoms with van der Waals surface area (Å²) < 4.78 is 25.7. The molecule has 0 aromatic carbocycles. The number of aromatic nitrogens is 2. The molecule has 0 aliphatic carbocycles. The summed E-state index contributed by atoms with van der Waals surface area (Å²) in [5.41, 5.74) is 0.874. The van der Waals surface area contributed by atoms with Gasteiger partial charge in [0.15, 0.2) is 5.82 Å². The molecule has 1 aliphatic heterocycles. The Morgan fingerprint density at radius 1 is 1.30 bits per heavy atom. The second-order valence-corrected chi connectivity index (χ2v) is 7.62. The van der Waals surface area contributed by atoms with E-state index in [4.69, 9.17) is 0 Å². The van der Waals surface area contributed by atoms with Crippen molar-refractivity contribution in [2.24, 2.45) is 11.8 Å². The normalized spacial score (nSPS) is 23.6. The molecule has 0 spiro atoms. The molecule has 0 amide bonds. The Balaban J connectivity index is 2.17. The minimum absolute atomic E-state index is 0.0758. The molecule has 20 heavy (non-hydrogen) atoms. The Morgan fingerprint density at radius 3 is 2.50 bits per heavy atom. The number of nitrogens with zero attached hydrogens (tertiary/aromatic N) is 3. The van der Waals surface area contributed by atoms with Crippen LogP contribution in [0.2, 0.25) is 0 Å². The average molecular weight is 298 g/mol. The van der Waals surface area contributed by atoms with E-state index in [1.54, 1.807) is 0 Å². The molecule has 0 saturated carbocycles. The fourth-order valence-corrected chi connectivity index (χ4v) is 3.45. The Labute approximate surface area is 120 Å². The van der Waals surface area contributed by atoms with Gasteiger partial charge in [-0.15, -0.1) is 5.10 Å². The molecule has 2 rings (SSSR count). The maximum atomic E-state index is 11.5. The van der Waals surface area contributed by atoms with Crippen LogP contribution in [-0.2, 0) is 10.0 Å². The predicted molar refractivity (Wildman–Crippen MR) is 79.1 cm³/mol. The van der Waals surface area contributed by atoms with Crippen molar-refractivity contribution in [2.45, 2.75) is 26.8 Å². The van der Waals surface area contributed by atoms with E-state index in [0.29, 0.717) is 12.5 Å². The molecule has 7 heteroatoms. The van der Waals surface area contributed by atoms with E-state index in [1.165, 1.54) is 6.26 Å². The average Bonchev–Trinajstić information content (AvgIpc) is 2.71. The number of aryl methyl sites for hydroxylation is 1. The van der Waals surface area contributed by atoms with Crippen molar-refractivity contribution in [2.75, 3.05) is 24.2 Å². The molecular formula is C13H22N4O2S. The number of hydrogen-bond acceptors (Lipinski definition) is 5. The van der Waals surface area contributed by atoms with Crippen molar-refractivity contribution in [1.29, 1.82) is 0 Å². The topological polar surface area (TPSA) is 75.2 Å². The van der Waals surface area contributed by atoms with E-state index in [9.17, 15) is 8.42 Å². The summed E-state index contributed by atoms with van der Waals surface area (Å²) in [5.74, 6) is 1.48. The Bertz CT molecular complexity index is 556. The highest BCUT2D eigenvalue weighted by molar-refractivity contribution is 7.88. The van der Waals surface area contributed by atoms with Gasteiger partial charge in [-0.25, -0.2) is 13.1 Å². The number of hydrogen-bond donors (Lipinski definition) is 1. The Kier molecular flexibility index (Phi) is 4.29. The highest BCUT2D eigenvalue weighted by Crippen LogP contribution is 2.27. The SMILES string of the molecule is Cc1ccc(N2CC(NS(C)(=O)=O)C(C(C)C)C2)nn1. The van der Waals surface area contributed by atoms with Crippen molar-refractivity contribution >= 4 is 15.8 Å². The van der Waals surface area contributed by atoms with Gasteiger partial charge in [0.25, 0.3) is 0 Å². The van der Waals surface area contributed by atoms with Crippen LogP contribution in [0.5, 0.6) is 0 Å². The maximum absolute atomic E-state index is 11.5. The van der Waals surface area contributed by atoms with Crippen molar-refractivity contribution in [3.8, 4) is 0 Å². The van der Waals surface area contributed by atoms with Crippen LogP contribution in [0, 0.1) is 18.8 Å². The first-order chi connectivity index (χ1) is 9.26. The van der Waals surface area contributed by atoms with Gasteiger partial charge in [-0.3, -0.25) is 0 Å². The molecule has 2 heterocycles. The number of sulfonamides is 1. The van der Waals surface area contributed by atoms with Crippen LogP contribution >= 0.6 is 0 Å². The molecule has 1 saturated heterocycles. The molecule has 0 bridgehead atoms. The van der Waals surface area contributed by atoms with Gasteiger partial charge in [-0.1, -0.05) is 13.8 Å². The summed E-state index contributed by atoms with van der Waals surface area (Å²) in [7, 11) is -3.20. The van der Waals surface area contributed by atoms with E-state index in [2.05, 4.69) is 33.7 Å². The van der Waals surface area contributed by atoms with Gasteiger partial charge < -0.3 is 4.90 Å². The minimum atomic E-state index is -3.20. The molecule has 112 valence electrons. The van der Waals surface area contributed by atoms with Crippen LogP contribution in [-0.4, -0.2) is 44.0 Å². The van der Waals surface area contributed by atoms with E-state index < -0.39 is 10.0 Å². The van der Waals surface area contributed by atoms with Gasteiger partial charge in [0.1, 0.15) is 0 Å². The molecular weight excluding hydrogens is 276 g/mol. The summed E-state index contributed by atoms with van der Waals surface area (Å²) in [5, 5.41) is 8.25. The molecule has 6 nitrogen and oxygen atoms in total. The molecule has 1 aromatic heterocycles. The molecule has 2 atom stereocenters. The smallest absolute Gasteiger partial charge is 0.209 e. The largest absolute Gasteiger partial charge is 0.353 e. The third kappa shape index (κ3) is 3.67. The predicted octanol–water partition coefficient (Wildman–Crippen LogP) is 0.795. The van der Waals surface area contributed by atoms with Gasteiger partial charge in [-0.05, 0) is 30.9 Å². The lowest BCUT2D eigenvalue weighted by molar-refractivity contribution is 0.365. The van der Waals surface area contributed by atoms with E-state index in [-0.39, 0.29) is 12.0 Å². The molecule has 0 radical (unpaired) electrons. The van der Waals surface area contributed by atoms with Gasteiger partial charge in [0.05, 0.1) is 11.9 Å². The van der Waals surface area contributed by atoms with Gasteiger partial charge >= 0.3 is 0 Å². The van der Waals surface area contributed by atoms with Crippen molar-refractivity contribution < 1.29 is 8.42 Å². The molecule has 1 N–H and O–H groups in total. The zero-order valence-electron chi connectivity index (χ0n) is 12.4. The van der Waals surface area contributed by atoms with E-state index in [0.717, 1.165) is 18.1 Å². The zero-order valence-corrected chi connectivity index (χ0v) is 13.2. The monoisotopic (exact) mass is 298 g/mol. The van der Waals surface area contributed by atoms with Crippen LogP contribution < -0.4 is 9.62 Å². The van der Waals surface area contributed by atoms with Crippen LogP contribution in [0.15, 0.2) is 12.1 Å². The lowest BCUT2D eigenvalue weighted by Gasteiger charge is -2.21. The third-order valence-corrected chi connectivity index (χ3v) is 4.43. The molecule has 1 aromatic rings. The number of nitrogens with one attached hydrogen (secondary N) is 1. The second kappa shape index (κ2) is 5.65. The molecule has 2 unspecified atom stereocenters. The van der Waals surface area contributed by atoms with Crippen LogP contribution in [0.1, 0.15) is 19.5 Å². The fraction of sp³-hybridized carbons (Fsp3) is 0.692. The van der Waals surface area contributed by atoms with Gasteiger partial charge in [0.2, 0.25) is 10.0 Å². The first-order valence-electron chi connectivity index (χ1n) is 6.79. The van der Waals surface area contributed by atoms with Crippen molar-refractivity contribution in [3.05, 3.63) is 17.8 Å². The summed E-state index contributed by atoms with van der Waals surface area (Å²) >= 11 is 0. The maximum Gasteiger partial charge on any atom is 0.209 e. The van der Waals surface area contributed by atoms with Crippen LogP contribution in [0.3, 0.4) is 0 Å². The Hall–Kier alpha value is -1.21. The molecule has 1 fully saturated rings. The van der Waals surface area contributed by atoms with E-state index in [1.807, 2.05) is 19.1 Å². The second-order valence-electron chi connectivity index (χ2n) is 5.84. The zero-order chi connectivity index (χ0) is 14.9. The van der Waals surface area contributed by atoms with Crippen molar-refractivity contribution in [1.82, 2.24) is 14.9 Å². The third-order valence-electron chi connectivity index (χ3n) is 3.69. The summed E-state index contributed by atoms with van der Waals surface area (Å²) in [6, 6.07) is 3.78. The number of anilines is 1. The Morgan fingerprint density at radius 2 is 2.00 bits per heavy atom. The minimum Gasteiger partial charge on any atom is -0.353 e. The van der Waals surface area contributed by atoms with Gasteiger partial charge in [-0.2, -0.15) is 5.10 Å². The van der Waals surface area contributed by atoms with Crippen LogP contribution in [0.4, 0.5) is 5.82 Å². The van der Waals surface area contributed by atoms with Crippen LogP contribution in [0.25, 0.3) is 0 Å². The highest BCUT2D eigenvalue weighted by atomic mass is 32.2. The summed E-state index contributed by atoms with van der Waals surface area (Å²) in [6.07, 6.45) is 1.21. The quantitative estimate of drug-likeness (QED) is 0.889. The van der Waals surface area contributed by atoms with Crippen molar-refractivity contribution in [3.63, 3.8) is 0 Å². The first-order valence-corrected chi connectivity index (χ1v) is 8.68. The lowest BCUT2D eigenvalue weighted by Crippen LogP contribution is -2.41. The lowest BCUT2D eigenvalue weighted by atomic mass is 9.92.